The van der Waals surface area contributed by atoms with Gasteiger partial charge in [0.05, 0.1) is 12.6 Å². The Hall–Kier alpha value is -4.28. The molecule has 1 aliphatic heterocycles. The van der Waals surface area contributed by atoms with Crippen LogP contribution in [0.2, 0.25) is 0 Å². The van der Waals surface area contributed by atoms with E-state index in [0.29, 0.717) is 30.7 Å². The first-order valence-electron chi connectivity index (χ1n) is 13.0. The number of nitrogens with one attached hydrogen (secondary N) is 2. The molecule has 2 aromatic carbocycles. The zero-order valence-electron chi connectivity index (χ0n) is 21.7. The molecule has 2 heterocycles. The molecule has 0 radical (unpaired) electrons. The third kappa shape index (κ3) is 5.08. The van der Waals surface area contributed by atoms with Crippen LogP contribution in [0.4, 0.5) is 8.78 Å². The Morgan fingerprint density at radius 2 is 2.03 bits per heavy atom. The van der Waals surface area contributed by atoms with Crippen molar-refractivity contribution in [2.75, 3.05) is 0 Å². The summed E-state index contributed by atoms with van der Waals surface area (Å²) in [6, 6.07) is 10.5. The van der Waals surface area contributed by atoms with Crippen LogP contribution in [0, 0.1) is 17.6 Å². The van der Waals surface area contributed by atoms with E-state index in [1.807, 2.05) is 32.1 Å². The summed E-state index contributed by atoms with van der Waals surface area (Å²) < 4.78 is 29.0. The molecule has 2 amide bonds. The molecule has 3 aromatic rings. The lowest BCUT2D eigenvalue weighted by atomic mass is 9.85. The van der Waals surface area contributed by atoms with Crippen LogP contribution < -0.4 is 5.32 Å². The number of carbonyl (C=O) groups is 2. The molecular formula is C28H29F2N7O2. The van der Waals surface area contributed by atoms with Gasteiger partial charge in [0.1, 0.15) is 11.4 Å². The maximum absolute atomic E-state index is 14.8. The van der Waals surface area contributed by atoms with Crippen molar-refractivity contribution in [2.45, 2.75) is 57.8 Å². The number of benzene rings is 2. The summed E-state index contributed by atoms with van der Waals surface area (Å²) in [4.78, 5) is 33.2. The molecule has 1 aliphatic carbocycles. The predicted molar refractivity (Wildman–Crippen MR) is 139 cm³/mol. The second-order valence-corrected chi connectivity index (χ2v) is 9.97. The molecule has 0 saturated heterocycles. The molecule has 2 unspecified atom stereocenters. The van der Waals surface area contributed by atoms with Crippen molar-refractivity contribution in [3.8, 4) is 0 Å². The Labute approximate surface area is 224 Å². The van der Waals surface area contributed by atoms with Crippen LogP contribution in [0.3, 0.4) is 0 Å². The number of amides is 2. The third-order valence-corrected chi connectivity index (χ3v) is 7.18. The second kappa shape index (κ2) is 10.8. The highest BCUT2D eigenvalue weighted by Gasteiger charge is 2.51. The predicted octanol–water partition coefficient (Wildman–Crippen LogP) is 4.26. The fourth-order valence-corrected chi connectivity index (χ4v) is 5.44. The van der Waals surface area contributed by atoms with Crippen molar-refractivity contribution in [1.29, 1.82) is 0 Å². The lowest BCUT2D eigenvalue weighted by Gasteiger charge is -2.44. The van der Waals surface area contributed by atoms with Crippen LogP contribution in [0.15, 0.2) is 59.6 Å². The van der Waals surface area contributed by atoms with Gasteiger partial charge in [-0.1, -0.05) is 55.8 Å². The maximum Gasteiger partial charge on any atom is 0.275 e. The zero-order chi connectivity index (χ0) is 27.6. The minimum atomic E-state index is -1.08. The van der Waals surface area contributed by atoms with Crippen molar-refractivity contribution >= 4 is 17.5 Å². The molecular weight excluding hydrogens is 504 g/mol. The van der Waals surface area contributed by atoms with E-state index in [1.54, 1.807) is 17.0 Å². The van der Waals surface area contributed by atoms with E-state index in [9.17, 15) is 18.4 Å². The number of halogens is 2. The maximum atomic E-state index is 14.8. The Morgan fingerprint density at radius 3 is 2.72 bits per heavy atom. The molecule has 5 rings (SSSR count). The summed E-state index contributed by atoms with van der Waals surface area (Å²) in [5.74, 6) is -2.33. The summed E-state index contributed by atoms with van der Waals surface area (Å²) in [5, 5.41) is 16.2. The van der Waals surface area contributed by atoms with E-state index in [2.05, 4.69) is 32.0 Å². The molecule has 202 valence electrons. The average molecular weight is 534 g/mol. The zero-order valence-corrected chi connectivity index (χ0v) is 21.7. The van der Waals surface area contributed by atoms with E-state index in [-0.39, 0.29) is 35.7 Å². The van der Waals surface area contributed by atoms with Crippen molar-refractivity contribution in [2.24, 2.45) is 10.9 Å². The minimum Gasteiger partial charge on any atom is -0.345 e. The van der Waals surface area contributed by atoms with Gasteiger partial charge in [0, 0.05) is 17.5 Å². The number of rotatable bonds is 8. The SMILES string of the molecule is CCC[C@H](c1ccc(C(=O)NCc2nn[nH]n2)cc1)N1C(=O)C(c2cccc(F)c2F)=NC12CC=CC(C)C2. The van der Waals surface area contributed by atoms with Crippen LogP contribution >= 0.6 is 0 Å². The number of nitrogens with zero attached hydrogens (tertiary/aromatic N) is 5. The first-order chi connectivity index (χ1) is 18.8. The number of tetrazole rings is 1. The number of H-pyrrole nitrogens is 1. The van der Waals surface area contributed by atoms with Crippen LogP contribution in [0.25, 0.3) is 0 Å². The van der Waals surface area contributed by atoms with E-state index in [0.717, 1.165) is 18.1 Å². The highest BCUT2D eigenvalue weighted by Crippen LogP contribution is 2.45. The highest BCUT2D eigenvalue weighted by molar-refractivity contribution is 6.46. The summed E-state index contributed by atoms with van der Waals surface area (Å²) in [6.07, 6.45) is 6.52. The Bertz CT molecular complexity index is 1420. The smallest absolute Gasteiger partial charge is 0.275 e. The van der Waals surface area contributed by atoms with Crippen LogP contribution in [0.1, 0.15) is 72.9 Å². The van der Waals surface area contributed by atoms with Gasteiger partial charge in [0.15, 0.2) is 17.5 Å². The Balaban J connectivity index is 1.47. The number of aliphatic imine (C=N–C) groups is 1. The van der Waals surface area contributed by atoms with Gasteiger partial charge < -0.3 is 10.2 Å². The van der Waals surface area contributed by atoms with Gasteiger partial charge in [-0.15, -0.1) is 10.2 Å². The topological polar surface area (TPSA) is 116 Å². The van der Waals surface area contributed by atoms with Gasteiger partial charge in [0.25, 0.3) is 11.8 Å². The number of aromatic nitrogens is 4. The molecule has 11 heteroatoms. The lowest BCUT2D eigenvalue weighted by molar-refractivity contribution is -0.132. The number of allylic oxidation sites excluding steroid dienone is 1. The van der Waals surface area contributed by atoms with E-state index in [1.165, 1.54) is 12.1 Å². The molecule has 2 N–H and O–H groups in total. The van der Waals surface area contributed by atoms with Crippen LogP contribution in [-0.2, 0) is 11.3 Å². The van der Waals surface area contributed by atoms with Crippen molar-refractivity contribution in [3.05, 3.63) is 88.8 Å². The minimum absolute atomic E-state index is 0.0620. The van der Waals surface area contributed by atoms with E-state index < -0.39 is 23.2 Å². The van der Waals surface area contributed by atoms with E-state index >= 15 is 0 Å². The van der Waals surface area contributed by atoms with Gasteiger partial charge in [-0.25, -0.2) is 8.78 Å². The molecule has 0 fully saturated rings. The number of carbonyl (C=O) groups excluding carboxylic acids is 2. The fraction of sp³-hybridized carbons (Fsp3) is 0.357. The van der Waals surface area contributed by atoms with Crippen LogP contribution in [-0.4, -0.2) is 48.7 Å². The molecule has 39 heavy (non-hydrogen) atoms. The molecule has 2 aliphatic rings. The molecule has 3 atom stereocenters. The van der Waals surface area contributed by atoms with Gasteiger partial charge >= 0.3 is 0 Å². The van der Waals surface area contributed by atoms with Gasteiger partial charge in [-0.3, -0.25) is 14.6 Å². The lowest BCUT2D eigenvalue weighted by Crippen LogP contribution is -2.50. The fourth-order valence-electron chi connectivity index (χ4n) is 5.44. The number of hydrogen-bond acceptors (Lipinski definition) is 6. The highest BCUT2D eigenvalue weighted by atomic mass is 19.2. The first-order valence-corrected chi connectivity index (χ1v) is 13.0. The summed E-state index contributed by atoms with van der Waals surface area (Å²) in [6.45, 7) is 4.20. The summed E-state index contributed by atoms with van der Waals surface area (Å²) >= 11 is 0. The summed E-state index contributed by atoms with van der Waals surface area (Å²) in [7, 11) is 0. The Kier molecular flexibility index (Phi) is 7.32. The molecule has 1 spiro atoms. The van der Waals surface area contributed by atoms with Crippen molar-refractivity contribution in [1.82, 2.24) is 30.8 Å². The quantitative estimate of drug-likeness (QED) is 0.420. The largest absolute Gasteiger partial charge is 0.345 e. The van der Waals surface area contributed by atoms with Gasteiger partial charge in [0.2, 0.25) is 0 Å². The monoisotopic (exact) mass is 533 g/mol. The first kappa shape index (κ1) is 26.3. The number of aromatic amines is 1. The van der Waals surface area contributed by atoms with Crippen molar-refractivity contribution < 1.29 is 18.4 Å². The average Bonchev–Trinajstić information content (AvgIpc) is 3.54. The normalized spacial score (nSPS) is 21.3. The van der Waals surface area contributed by atoms with Gasteiger partial charge in [-0.05, 0) is 48.6 Å². The van der Waals surface area contributed by atoms with Crippen LogP contribution in [0.5, 0.6) is 0 Å². The standard InChI is InChI=1S/C28H29F2N7O2/c1-3-6-22(18-10-12-19(13-11-18)26(38)31-16-23-33-35-36-34-23)37-27(39)25(20-8-4-9-21(29)24(20)30)32-28(37)14-5-7-17(2)15-28/h4-5,7-13,17,22H,3,6,14-16H2,1-2H3,(H,31,38)(H,33,34,35,36)/t17?,22-,28?/m1/s1. The molecule has 9 nitrogen and oxygen atoms in total. The number of hydrogen-bond donors (Lipinski definition) is 2. The van der Waals surface area contributed by atoms with Crippen molar-refractivity contribution in [3.63, 3.8) is 0 Å². The molecule has 0 saturated carbocycles. The Morgan fingerprint density at radius 1 is 1.23 bits per heavy atom. The molecule has 1 aromatic heterocycles. The van der Waals surface area contributed by atoms with E-state index in [4.69, 9.17) is 4.99 Å². The van der Waals surface area contributed by atoms with Gasteiger partial charge in [-0.2, -0.15) is 5.21 Å². The summed E-state index contributed by atoms with van der Waals surface area (Å²) in [5.41, 5.74) is 0.159. The molecule has 0 bridgehead atoms. The second-order valence-electron chi connectivity index (χ2n) is 9.97. The third-order valence-electron chi connectivity index (χ3n) is 7.18.